The maximum absolute atomic E-state index is 12.9. The zero-order chi connectivity index (χ0) is 22.7. The van der Waals surface area contributed by atoms with Crippen molar-refractivity contribution in [3.8, 4) is 17.0 Å². The van der Waals surface area contributed by atoms with Crippen LogP contribution in [0.2, 0.25) is 0 Å². The average molecular weight is 464 g/mol. The molecule has 1 amide bonds. The first-order valence-electron chi connectivity index (χ1n) is 10.5. The summed E-state index contributed by atoms with van der Waals surface area (Å²) in [5.41, 5.74) is 2.08. The van der Waals surface area contributed by atoms with Crippen LogP contribution >= 0.6 is 11.3 Å². The quantitative estimate of drug-likeness (QED) is 0.468. The molecule has 1 aliphatic rings. The van der Waals surface area contributed by atoms with Gasteiger partial charge in [-0.2, -0.15) is 0 Å². The maximum atomic E-state index is 12.9. The van der Waals surface area contributed by atoms with Gasteiger partial charge in [-0.3, -0.25) is 4.79 Å². The third kappa shape index (κ3) is 5.51. The molecular formula is C23H24F3N3O2S. The van der Waals surface area contributed by atoms with Gasteiger partial charge in [0.1, 0.15) is 5.75 Å². The molecule has 1 aromatic carbocycles. The molecule has 0 atom stereocenters. The number of aryl methyl sites for hydroxylation is 1. The summed E-state index contributed by atoms with van der Waals surface area (Å²) < 4.78 is 41.7. The van der Waals surface area contributed by atoms with Crippen LogP contribution < -0.4 is 10.1 Å². The number of thiazole rings is 1. The fourth-order valence-corrected chi connectivity index (χ4v) is 5.04. The van der Waals surface area contributed by atoms with E-state index in [9.17, 15) is 18.0 Å². The molecule has 9 heteroatoms. The number of hydrogen-bond acceptors (Lipinski definition) is 4. The van der Waals surface area contributed by atoms with Crippen LogP contribution in [0.4, 0.5) is 13.2 Å². The molecule has 32 heavy (non-hydrogen) atoms. The summed E-state index contributed by atoms with van der Waals surface area (Å²) in [5.74, 6) is 0.341. The number of ether oxygens (including phenoxy) is 1. The van der Waals surface area contributed by atoms with Crippen molar-refractivity contribution in [1.82, 2.24) is 15.3 Å². The lowest BCUT2D eigenvalue weighted by atomic mass is 9.82. The Kier molecular flexibility index (Phi) is 6.55. The molecule has 4 rings (SSSR count). The van der Waals surface area contributed by atoms with Crippen molar-refractivity contribution >= 4 is 17.2 Å². The number of alkyl halides is 3. The fourth-order valence-electron chi connectivity index (χ4n) is 4.23. The second kappa shape index (κ2) is 9.36. The van der Waals surface area contributed by atoms with Crippen LogP contribution in [0.15, 0.2) is 41.9 Å². The lowest BCUT2D eigenvalue weighted by Gasteiger charge is -2.27. The summed E-state index contributed by atoms with van der Waals surface area (Å²) in [6.45, 7) is 2.38. The van der Waals surface area contributed by atoms with Gasteiger partial charge in [0.05, 0.1) is 16.3 Å². The smallest absolute Gasteiger partial charge is 0.406 e. The average Bonchev–Trinajstić information content (AvgIpc) is 3.41. The zero-order valence-corrected chi connectivity index (χ0v) is 18.4. The highest BCUT2D eigenvalue weighted by molar-refractivity contribution is 7.09. The number of carbonyl (C=O) groups excluding carboxylic acids is 1. The van der Waals surface area contributed by atoms with Crippen LogP contribution in [0.25, 0.3) is 11.3 Å². The summed E-state index contributed by atoms with van der Waals surface area (Å²) >= 11 is 1.70. The Morgan fingerprint density at radius 1 is 1.25 bits per heavy atom. The number of nitrogens with one attached hydrogen (secondary N) is 2. The molecule has 0 saturated heterocycles. The molecule has 3 aromatic rings. The molecule has 0 unspecified atom stereocenters. The summed E-state index contributed by atoms with van der Waals surface area (Å²) in [7, 11) is 0. The molecule has 0 spiro atoms. The van der Waals surface area contributed by atoms with Crippen molar-refractivity contribution in [3.05, 3.63) is 58.2 Å². The summed E-state index contributed by atoms with van der Waals surface area (Å²) in [4.78, 5) is 20.4. The minimum Gasteiger partial charge on any atom is -0.406 e. The number of hydrogen-bond donors (Lipinski definition) is 2. The molecule has 1 aliphatic carbocycles. The van der Waals surface area contributed by atoms with E-state index in [1.165, 1.54) is 23.2 Å². The molecular weight excluding hydrogens is 439 g/mol. The van der Waals surface area contributed by atoms with Crippen molar-refractivity contribution in [2.75, 3.05) is 6.54 Å². The van der Waals surface area contributed by atoms with Gasteiger partial charge < -0.3 is 15.0 Å². The predicted octanol–water partition coefficient (Wildman–Crippen LogP) is 6.05. The normalized spacial score (nSPS) is 19.0. The number of halogens is 3. The summed E-state index contributed by atoms with van der Waals surface area (Å²) in [6.07, 6.45) is 1.25. The highest BCUT2D eigenvalue weighted by Gasteiger charge is 2.31. The lowest BCUT2D eigenvalue weighted by Crippen LogP contribution is -2.31. The SMILES string of the molecule is Cc1cc(C(=O)NCC2CCC(c3nccs3)CC2)c(-c2cccc(OC(F)(F)F)c2)[nH]1. The van der Waals surface area contributed by atoms with Gasteiger partial charge in [0, 0.05) is 35.3 Å². The van der Waals surface area contributed by atoms with E-state index in [0.29, 0.717) is 35.2 Å². The Morgan fingerprint density at radius 2 is 2.03 bits per heavy atom. The van der Waals surface area contributed by atoms with E-state index >= 15 is 0 Å². The monoisotopic (exact) mass is 463 g/mol. The summed E-state index contributed by atoms with van der Waals surface area (Å²) in [6, 6.07) is 7.33. The number of benzene rings is 1. The molecule has 5 nitrogen and oxygen atoms in total. The first-order chi connectivity index (χ1) is 15.3. The number of aromatic nitrogens is 2. The van der Waals surface area contributed by atoms with Crippen molar-refractivity contribution in [3.63, 3.8) is 0 Å². The van der Waals surface area contributed by atoms with Crippen LogP contribution in [-0.4, -0.2) is 28.8 Å². The Hall–Kier alpha value is -2.81. The maximum Gasteiger partial charge on any atom is 0.573 e. The van der Waals surface area contributed by atoms with Gasteiger partial charge in [-0.25, -0.2) is 4.98 Å². The number of amides is 1. The Bertz CT molecular complexity index is 1050. The van der Waals surface area contributed by atoms with E-state index in [0.717, 1.165) is 31.4 Å². The Morgan fingerprint density at radius 3 is 2.72 bits per heavy atom. The van der Waals surface area contributed by atoms with Crippen LogP contribution in [-0.2, 0) is 0 Å². The standard InChI is InChI=1S/C23H24F3N3O2S/c1-14-11-19(20(29-14)17-3-2-4-18(12-17)31-23(24,25)26)21(30)28-13-15-5-7-16(8-6-15)22-27-9-10-32-22/h2-4,9-12,15-16,29H,5-8,13H2,1H3,(H,28,30). The molecule has 1 fully saturated rings. The van der Waals surface area contributed by atoms with E-state index in [4.69, 9.17) is 0 Å². The first-order valence-corrected chi connectivity index (χ1v) is 11.4. The van der Waals surface area contributed by atoms with Crippen LogP contribution in [0.1, 0.15) is 52.7 Å². The largest absolute Gasteiger partial charge is 0.573 e. The van der Waals surface area contributed by atoms with E-state index < -0.39 is 6.36 Å². The van der Waals surface area contributed by atoms with Gasteiger partial charge in [-0.05, 0) is 56.7 Å². The second-order valence-corrected chi connectivity index (χ2v) is 9.04. The number of carbonyl (C=O) groups is 1. The van der Waals surface area contributed by atoms with Gasteiger partial charge >= 0.3 is 6.36 Å². The van der Waals surface area contributed by atoms with E-state index in [2.05, 4.69) is 20.0 Å². The zero-order valence-electron chi connectivity index (χ0n) is 17.5. The Balaban J connectivity index is 1.40. The summed E-state index contributed by atoms with van der Waals surface area (Å²) in [5, 5.41) is 6.21. The molecule has 0 radical (unpaired) electrons. The van der Waals surface area contributed by atoms with Gasteiger partial charge in [0.25, 0.3) is 5.91 Å². The number of nitrogens with zero attached hydrogens (tertiary/aromatic N) is 1. The number of rotatable bonds is 6. The number of H-pyrrole nitrogens is 1. The number of aromatic amines is 1. The minimum absolute atomic E-state index is 0.242. The van der Waals surface area contributed by atoms with Gasteiger partial charge in [-0.1, -0.05) is 12.1 Å². The molecule has 0 aliphatic heterocycles. The first kappa shape index (κ1) is 22.4. The van der Waals surface area contributed by atoms with E-state index in [1.807, 2.05) is 11.6 Å². The molecule has 1 saturated carbocycles. The third-order valence-corrected chi connectivity index (χ3v) is 6.69. The fraction of sp³-hybridized carbons (Fsp3) is 0.391. The van der Waals surface area contributed by atoms with Crippen molar-refractivity contribution in [1.29, 1.82) is 0 Å². The van der Waals surface area contributed by atoms with Gasteiger partial charge in [-0.15, -0.1) is 24.5 Å². The highest BCUT2D eigenvalue weighted by atomic mass is 32.1. The lowest BCUT2D eigenvalue weighted by molar-refractivity contribution is -0.274. The second-order valence-electron chi connectivity index (χ2n) is 8.11. The van der Waals surface area contributed by atoms with Crippen LogP contribution in [0.5, 0.6) is 5.75 Å². The predicted molar refractivity (Wildman–Crippen MR) is 117 cm³/mol. The minimum atomic E-state index is -4.77. The van der Waals surface area contributed by atoms with Crippen molar-refractivity contribution in [2.45, 2.75) is 44.9 Å². The van der Waals surface area contributed by atoms with E-state index in [1.54, 1.807) is 30.4 Å². The molecule has 2 N–H and O–H groups in total. The molecule has 170 valence electrons. The van der Waals surface area contributed by atoms with Gasteiger partial charge in [0.2, 0.25) is 0 Å². The van der Waals surface area contributed by atoms with E-state index in [-0.39, 0.29) is 11.7 Å². The van der Waals surface area contributed by atoms with Crippen LogP contribution in [0.3, 0.4) is 0 Å². The molecule has 2 heterocycles. The van der Waals surface area contributed by atoms with Crippen molar-refractivity contribution in [2.24, 2.45) is 5.92 Å². The molecule has 2 aromatic heterocycles. The van der Waals surface area contributed by atoms with Gasteiger partial charge in [0.15, 0.2) is 0 Å². The molecule has 0 bridgehead atoms. The Labute approximate surface area is 188 Å². The highest BCUT2D eigenvalue weighted by Crippen LogP contribution is 2.36. The third-order valence-electron chi connectivity index (χ3n) is 5.75. The van der Waals surface area contributed by atoms with Crippen LogP contribution in [0, 0.1) is 12.8 Å². The van der Waals surface area contributed by atoms with Crippen molar-refractivity contribution < 1.29 is 22.7 Å². The topological polar surface area (TPSA) is 67.0 Å².